The smallest absolute Gasteiger partial charge is 0.115 e. The zero-order valence-electron chi connectivity index (χ0n) is 10.5. The molecule has 0 fully saturated rings. The van der Waals surface area contributed by atoms with E-state index in [0.29, 0.717) is 11.8 Å². The van der Waals surface area contributed by atoms with E-state index in [2.05, 4.69) is 16.4 Å². The average molecular weight is 242 g/mol. The standard InChI is InChI=1S/C15H18N2O/c1-16-14(10-13-3-2-8-17-11-13)9-12-4-6-15(18)7-5-12/h2-8,11,14,16,18H,9-10H2,1H3. The fourth-order valence-electron chi connectivity index (χ4n) is 2.00. The Bertz CT molecular complexity index is 468. The van der Waals surface area contributed by atoms with Gasteiger partial charge in [0.2, 0.25) is 0 Å². The number of nitrogens with zero attached hydrogens (tertiary/aromatic N) is 1. The first kappa shape index (κ1) is 12.6. The molecule has 0 saturated heterocycles. The summed E-state index contributed by atoms with van der Waals surface area (Å²) in [6.45, 7) is 0. The fourth-order valence-corrected chi connectivity index (χ4v) is 2.00. The number of aromatic hydroxyl groups is 1. The molecule has 2 N–H and O–H groups in total. The van der Waals surface area contributed by atoms with Crippen LogP contribution in [0.3, 0.4) is 0 Å². The molecule has 1 atom stereocenters. The van der Waals surface area contributed by atoms with Gasteiger partial charge >= 0.3 is 0 Å². The van der Waals surface area contributed by atoms with Gasteiger partial charge in [-0.2, -0.15) is 0 Å². The first-order valence-corrected chi connectivity index (χ1v) is 6.12. The lowest BCUT2D eigenvalue weighted by Gasteiger charge is -2.16. The third-order valence-electron chi connectivity index (χ3n) is 3.03. The van der Waals surface area contributed by atoms with E-state index in [0.717, 1.165) is 12.8 Å². The van der Waals surface area contributed by atoms with Crippen LogP contribution in [0, 0.1) is 0 Å². The van der Waals surface area contributed by atoms with Gasteiger partial charge in [0.15, 0.2) is 0 Å². The summed E-state index contributed by atoms with van der Waals surface area (Å²) in [7, 11) is 1.97. The summed E-state index contributed by atoms with van der Waals surface area (Å²) in [4.78, 5) is 4.13. The van der Waals surface area contributed by atoms with E-state index >= 15 is 0 Å². The lowest BCUT2D eigenvalue weighted by atomic mass is 10.00. The molecule has 3 nitrogen and oxygen atoms in total. The van der Waals surface area contributed by atoms with E-state index in [1.807, 2.05) is 31.4 Å². The third kappa shape index (κ3) is 3.57. The first-order valence-electron chi connectivity index (χ1n) is 6.12. The van der Waals surface area contributed by atoms with Crippen molar-refractivity contribution in [2.24, 2.45) is 0 Å². The molecule has 1 heterocycles. The van der Waals surface area contributed by atoms with Crippen LogP contribution in [0.25, 0.3) is 0 Å². The van der Waals surface area contributed by atoms with Gasteiger partial charge in [0.05, 0.1) is 0 Å². The van der Waals surface area contributed by atoms with Crippen LogP contribution in [0.1, 0.15) is 11.1 Å². The molecule has 2 aromatic rings. The van der Waals surface area contributed by atoms with Gasteiger partial charge < -0.3 is 10.4 Å². The van der Waals surface area contributed by atoms with Crippen molar-refractivity contribution in [3.05, 3.63) is 59.9 Å². The molecule has 0 spiro atoms. The Hall–Kier alpha value is -1.87. The number of hydrogen-bond acceptors (Lipinski definition) is 3. The van der Waals surface area contributed by atoms with Crippen LogP contribution in [-0.2, 0) is 12.8 Å². The highest BCUT2D eigenvalue weighted by molar-refractivity contribution is 5.26. The van der Waals surface area contributed by atoms with Gasteiger partial charge in [0.1, 0.15) is 5.75 Å². The number of phenols is 1. The molecule has 0 aliphatic rings. The summed E-state index contributed by atoms with van der Waals surface area (Å²) in [6.07, 6.45) is 5.58. The van der Waals surface area contributed by atoms with E-state index in [1.165, 1.54) is 11.1 Å². The van der Waals surface area contributed by atoms with Gasteiger partial charge in [0, 0.05) is 18.4 Å². The van der Waals surface area contributed by atoms with Crippen molar-refractivity contribution >= 4 is 0 Å². The zero-order chi connectivity index (χ0) is 12.8. The topological polar surface area (TPSA) is 45.1 Å². The van der Waals surface area contributed by atoms with Crippen molar-refractivity contribution in [3.63, 3.8) is 0 Å². The van der Waals surface area contributed by atoms with Crippen LogP contribution in [-0.4, -0.2) is 23.2 Å². The molecule has 0 saturated carbocycles. The van der Waals surface area contributed by atoms with Crippen molar-refractivity contribution in [1.29, 1.82) is 0 Å². The largest absolute Gasteiger partial charge is 0.508 e. The summed E-state index contributed by atoms with van der Waals surface area (Å²) in [5.74, 6) is 0.312. The molecule has 1 aromatic carbocycles. The molecular weight excluding hydrogens is 224 g/mol. The number of likely N-dealkylation sites (N-methyl/N-ethyl adjacent to an activating group) is 1. The number of rotatable bonds is 5. The SMILES string of the molecule is CNC(Cc1ccc(O)cc1)Cc1cccnc1. The van der Waals surface area contributed by atoms with Crippen LogP contribution in [0.2, 0.25) is 0 Å². The van der Waals surface area contributed by atoms with Gasteiger partial charge in [-0.3, -0.25) is 4.98 Å². The molecular formula is C15H18N2O. The number of pyridine rings is 1. The van der Waals surface area contributed by atoms with Gasteiger partial charge in [-0.15, -0.1) is 0 Å². The van der Waals surface area contributed by atoms with Crippen LogP contribution in [0.4, 0.5) is 0 Å². The Morgan fingerprint density at radius 2 is 1.83 bits per heavy atom. The quantitative estimate of drug-likeness (QED) is 0.844. The summed E-state index contributed by atoms with van der Waals surface area (Å²) in [5, 5.41) is 12.6. The number of nitrogens with one attached hydrogen (secondary N) is 1. The average Bonchev–Trinajstić information content (AvgIpc) is 2.41. The predicted molar refractivity (Wildman–Crippen MR) is 72.6 cm³/mol. The second-order valence-corrected chi connectivity index (χ2v) is 4.42. The third-order valence-corrected chi connectivity index (χ3v) is 3.03. The Morgan fingerprint density at radius 3 is 2.44 bits per heavy atom. The van der Waals surface area contributed by atoms with Crippen LogP contribution < -0.4 is 5.32 Å². The number of benzene rings is 1. The summed E-state index contributed by atoms with van der Waals surface area (Å²) in [5.41, 5.74) is 2.45. The van der Waals surface area contributed by atoms with E-state index in [9.17, 15) is 5.11 Å². The van der Waals surface area contributed by atoms with E-state index in [1.54, 1.807) is 18.3 Å². The fraction of sp³-hybridized carbons (Fsp3) is 0.267. The second-order valence-electron chi connectivity index (χ2n) is 4.42. The normalized spacial score (nSPS) is 12.3. The summed E-state index contributed by atoms with van der Waals surface area (Å²) < 4.78 is 0. The molecule has 1 unspecified atom stereocenters. The second kappa shape index (κ2) is 6.17. The molecule has 0 aliphatic heterocycles. The van der Waals surface area contributed by atoms with E-state index in [-0.39, 0.29) is 0 Å². The Morgan fingerprint density at radius 1 is 1.11 bits per heavy atom. The molecule has 0 bridgehead atoms. The molecule has 0 amide bonds. The number of hydrogen-bond donors (Lipinski definition) is 2. The highest BCUT2D eigenvalue weighted by atomic mass is 16.3. The molecule has 94 valence electrons. The van der Waals surface area contributed by atoms with Crippen LogP contribution in [0.5, 0.6) is 5.75 Å². The van der Waals surface area contributed by atoms with Crippen molar-refractivity contribution in [1.82, 2.24) is 10.3 Å². The van der Waals surface area contributed by atoms with Crippen LogP contribution in [0.15, 0.2) is 48.8 Å². The lowest BCUT2D eigenvalue weighted by Crippen LogP contribution is -2.29. The molecule has 3 heteroatoms. The Labute approximate surface area is 108 Å². The maximum Gasteiger partial charge on any atom is 0.115 e. The highest BCUT2D eigenvalue weighted by Crippen LogP contribution is 2.13. The first-order chi connectivity index (χ1) is 8.78. The summed E-state index contributed by atoms with van der Waals surface area (Å²) >= 11 is 0. The minimum atomic E-state index is 0.312. The summed E-state index contributed by atoms with van der Waals surface area (Å²) in [6, 6.07) is 11.8. The lowest BCUT2D eigenvalue weighted by molar-refractivity contribution is 0.474. The van der Waals surface area contributed by atoms with E-state index in [4.69, 9.17) is 0 Å². The minimum absolute atomic E-state index is 0.312. The van der Waals surface area contributed by atoms with Gasteiger partial charge in [0.25, 0.3) is 0 Å². The van der Waals surface area contributed by atoms with Gasteiger partial charge in [-0.25, -0.2) is 0 Å². The molecule has 0 aliphatic carbocycles. The maximum absolute atomic E-state index is 9.26. The number of aromatic nitrogens is 1. The number of phenolic OH excluding ortho intramolecular Hbond substituents is 1. The van der Waals surface area contributed by atoms with Gasteiger partial charge in [-0.1, -0.05) is 18.2 Å². The molecule has 1 aromatic heterocycles. The monoisotopic (exact) mass is 242 g/mol. The maximum atomic E-state index is 9.26. The molecule has 2 rings (SSSR count). The minimum Gasteiger partial charge on any atom is -0.508 e. The van der Waals surface area contributed by atoms with Crippen molar-refractivity contribution < 1.29 is 5.11 Å². The van der Waals surface area contributed by atoms with Crippen molar-refractivity contribution in [2.75, 3.05) is 7.05 Å². The zero-order valence-corrected chi connectivity index (χ0v) is 10.5. The molecule has 0 radical (unpaired) electrons. The highest BCUT2D eigenvalue weighted by Gasteiger charge is 2.08. The van der Waals surface area contributed by atoms with E-state index < -0.39 is 0 Å². The molecule has 18 heavy (non-hydrogen) atoms. The predicted octanol–water partition coefficient (Wildman–Crippen LogP) is 2.16. The van der Waals surface area contributed by atoms with Crippen LogP contribution >= 0.6 is 0 Å². The van der Waals surface area contributed by atoms with Crippen molar-refractivity contribution in [3.8, 4) is 5.75 Å². The van der Waals surface area contributed by atoms with Gasteiger partial charge in [-0.05, 0) is 49.2 Å². The Balaban J connectivity index is 1.99. The van der Waals surface area contributed by atoms with Crippen molar-refractivity contribution in [2.45, 2.75) is 18.9 Å². The Kier molecular flexibility index (Phi) is 4.31.